The van der Waals surface area contributed by atoms with Crippen molar-refractivity contribution in [3.63, 3.8) is 0 Å². The molecule has 1 aliphatic rings. The van der Waals surface area contributed by atoms with E-state index in [9.17, 15) is 14.7 Å². The van der Waals surface area contributed by atoms with Crippen LogP contribution in [0.5, 0.6) is 5.75 Å². The van der Waals surface area contributed by atoms with Crippen LogP contribution in [0.3, 0.4) is 0 Å². The molecule has 0 aliphatic heterocycles. The van der Waals surface area contributed by atoms with Crippen molar-refractivity contribution in [1.82, 2.24) is 10.3 Å². The number of carbonyl (C=O) groups is 2. The van der Waals surface area contributed by atoms with Crippen LogP contribution in [0.25, 0.3) is 10.9 Å². The van der Waals surface area contributed by atoms with Gasteiger partial charge in [0.25, 0.3) is 0 Å². The normalized spacial score (nSPS) is 18.4. The molecule has 1 aromatic carbocycles. The zero-order valence-electron chi connectivity index (χ0n) is 19.7. The minimum Gasteiger partial charge on any atom is -0.490 e. The molecule has 0 unspecified atom stereocenters. The van der Waals surface area contributed by atoms with Crippen LogP contribution in [0.1, 0.15) is 68.4 Å². The quantitative estimate of drug-likeness (QED) is 0.491. The largest absolute Gasteiger partial charge is 0.490 e. The number of nitrogens with zero attached hydrogens (tertiary/aromatic N) is 1. The second-order valence-electron chi connectivity index (χ2n) is 8.80. The Kier molecular flexibility index (Phi) is 8.49. The number of pyridine rings is 1. The number of carboxylic acid groups (broad SMARTS) is 1. The Hall–Kier alpha value is -2.87. The number of benzene rings is 1. The number of nitrogens with two attached hydrogens (primary N) is 1. The van der Waals surface area contributed by atoms with Gasteiger partial charge in [-0.25, -0.2) is 4.79 Å². The van der Waals surface area contributed by atoms with Gasteiger partial charge in [0.1, 0.15) is 17.9 Å². The molecule has 2 aromatic rings. The number of hydrogen-bond donors (Lipinski definition) is 3. The van der Waals surface area contributed by atoms with Gasteiger partial charge in [-0.3, -0.25) is 9.78 Å². The monoisotopic (exact) mass is 457 g/mol. The fourth-order valence-corrected chi connectivity index (χ4v) is 4.42. The summed E-state index contributed by atoms with van der Waals surface area (Å²) < 4.78 is 11.8. The Morgan fingerprint density at radius 2 is 1.91 bits per heavy atom. The molecule has 0 saturated heterocycles. The van der Waals surface area contributed by atoms with E-state index in [2.05, 4.69) is 24.1 Å². The number of aromatic carboxylic acids is 1. The average Bonchev–Trinajstić information content (AvgIpc) is 2.77. The maximum atomic E-state index is 12.2. The topological polar surface area (TPSA) is 124 Å². The molecule has 1 amide bonds. The summed E-state index contributed by atoms with van der Waals surface area (Å²) in [5.74, 6) is -0.134. The lowest BCUT2D eigenvalue weighted by atomic mass is 9.93. The number of aryl methyl sites for hydroxylation is 1. The highest BCUT2D eigenvalue weighted by atomic mass is 16.5. The molecular weight excluding hydrogens is 422 g/mol. The second-order valence-corrected chi connectivity index (χ2v) is 8.80. The predicted octanol–water partition coefficient (Wildman–Crippen LogP) is 4.08. The summed E-state index contributed by atoms with van der Waals surface area (Å²) in [6.45, 7) is 6.62. The molecule has 3 rings (SSSR count). The number of amides is 1. The summed E-state index contributed by atoms with van der Waals surface area (Å²) in [5.41, 5.74) is 7.40. The van der Waals surface area contributed by atoms with Crippen molar-refractivity contribution in [3.05, 3.63) is 29.5 Å². The van der Waals surface area contributed by atoms with E-state index in [1.807, 2.05) is 6.07 Å². The minimum absolute atomic E-state index is 0.0105. The predicted molar refractivity (Wildman–Crippen MR) is 128 cm³/mol. The van der Waals surface area contributed by atoms with E-state index in [0.29, 0.717) is 34.9 Å². The Morgan fingerprint density at radius 1 is 1.21 bits per heavy atom. The third-order valence-electron chi connectivity index (χ3n) is 6.48. The molecule has 8 heteroatoms. The van der Waals surface area contributed by atoms with Gasteiger partial charge in [-0.05, 0) is 50.7 Å². The van der Waals surface area contributed by atoms with Gasteiger partial charge in [0, 0.05) is 6.04 Å². The highest BCUT2D eigenvalue weighted by molar-refractivity contribution is 6.06. The number of aromatic nitrogens is 1. The zero-order chi connectivity index (χ0) is 24.0. The van der Waals surface area contributed by atoms with Gasteiger partial charge >= 0.3 is 5.97 Å². The molecule has 1 fully saturated rings. The van der Waals surface area contributed by atoms with Gasteiger partial charge in [-0.15, -0.1) is 0 Å². The van der Waals surface area contributed by atoms with E-state index in [1.165, 1.54) is 0 Å². The first-order valence-electron chi connectivity index (χ1n) is 11.8. The Morgan fingerprint density at radius 3 is 2.55 bits per heavy atom. The summed E-state index contributed by atoms with van der Waals surface area (Å²) in [6.07, 6.45) is 5.24. The fraction of sp³-hybridized carbons (Fsp3) is 0.560. The van der Waals surface area contributed by atoms with Crippen LogP contribution in [-0.4, -0.2) is 47.3 Å². The van der Waals surface area contributed by atoms with E-state index in [1.54, 1.807) is 19.1 Å². The molecule has 1 aromatic heterocycles. The lowest BCUT2D eigenvalue weighted by Crippen LogP contribution is -2.41. The Balaban J connectivity index is 1.57. The molecule has 4 N–H and O–H groups in total. The maximum absolute atomic E-state index is 12.2. The molecule has 0 bridgehead atoms. The SMILES string of the molecule is CCC(CC)COCC(=O)N[C@H]1CC[C@H](Oc2cccc3nc(C)c(C(=O)O)c(N)c23)CC1. The number of hydrogen-bond acceptors (Lipinski definition) is 6. The van der Waals surface area contributed by atoms with Crippen LogP contribution in [0.15, 0.2) is 18.2 Å². The maximum Gasteiger partial charge on any atom is 0.339 e. The number of fused-ring (bicyclic) bond motifs is 1. The lowest BCUT2D eigenvalue weighted by Gasteiger charge is -2.30. The molecule has 1 saturated carbocycles. The zero-order valence-corrected chi connectivity index (χ0v) is 19.7. The van der Waals surface area contributed by atoms with E-state index in [4.69, 9.17) is 15.2 Å². The van der Waals surface area contributed by atoms with Crippen LogP contribution < -0.4 is 15.8 Å². The summed E-state index contributed by atoms with van der Waals surface area (Å²) in [5, 5.41) is 13.1. The Bertz CT molecular complexity index is 982. The molecule has 0 radical (unpaired) electrons. The standard InChI is InChI=1S/C25H35N3O5/c1-4-16(5-2)13-32-14-21(29)28-17-9-11-18(12-10-17)33-20-8-6-7-19-23(20)24(26)22(25(30)31)15(3)27-19/h6-8,16-18H,4-5,9-14H2,1-3H3,(H2,26,27)(H,28,29)(H,30,31)/t17-,18-. The number of nitrogens with one attached hydrogen (secondary N) is 1. The molecule has 0 spiro atoms. The number of carboxylic acids is 1. The highest BCUT2D eigenvalue weighted by Gasteiger charge is 2.25. The van der Waals surface area contributed by atoms with Gasteiger partial charge in [0.05, 0.1) is 35.0 Å². The number of anilines is 1. The van der Waals surface area contributed by atoms with Crippen LogP contribution in [0.2, 0.25) is 0 Å². The number of ether oxygens (including phenoxy) is 2. The van der Waals surface area contributed by atoms with Gasteiger partial charge in [-0.2, -0.15) is 0 Å². The van der Waals surface area contributed by atoms with Crippen LogP contribution in [0, 0.1) is 12.8 Å². The molecule has 8 nitrogen and oxygen atoms in total. The molecule has 1 heterocycles. The lowest BCUT2D eigenvalue weighted by molar-refractivity contribution is -0.127. The van der Waals surface area contributed by atoms with Crippen LogP contribution in [-0.2, 0) is 9.53 Å². The Labute approximate surface area is 194 Å². The minimum atomic E-state index is -1.10. The van der Waals surface area contributed by atoms with E-state index < -0.39 is 5.97 Å². The molecule has 0 atom stereocenters. The first-order valence-corrected chi connectivity index (χ1v) is 11.8. The van der Waals surface area contributed by atoms with E-state index in [-0.39, 0.29) is 35.9 Å². The summed E-state index contributed by atoms with van der Waals surface area (Å²) in [6, 6.07) is 5.54. The number of carbonyl (C=O) groups excluding carboxylic acids is 1. The van der Waals surface area contributed by atoms with E-state index in [0.717, 1.165) is 38.5 Å². The van der Waals surface area contributed by atoms with Gasteiger partial charge < -0.3 is 25.6 Å². The van der Waals surface area contributed by atoms with Crippen LogP contribution >= 0.6 is 0 Å². The fourth-order valence-electron chi connectivity index (χ4n) is 4.42. The van der Waals surface area contributed by atoms with Gasteiger partial charge in [0.2, 0.25) is 5.91 Å². The first-order chi connectivity index (χ1) is 15.8. The van der Waals surface area contributed by atoms with Gasteiger partial charge in [0.15, 0.2) is 0 Å². The molecule has 33 heavy (non-hydrogen) atoms. The van der Waals surface area contributed by atoms with Crippen molar-refractivity contribution in [1.29, 1.82) is 0 Å². The van der Waals surface area contributed by atoms with Crippen molar-refractivity contribution in [2.24, 2.45) is 5.92 Å². The summed E-state index contributed by atoms with van der Waals surface area (Å²) >= 11 is 0. The molecule has 180 valence electrons. The van der Waals surface area contributed by atoms with Crippen molar-refractivity contribution in [3.8, 4) is 5.75 Å². The first kappa shape index (κ1) is 24.8. The van der Waals surface area contributed by atoms with Crippen molar-refractivity contribution >= 4 is 28.5 Å². The number of nitrogen functional groups attached to an aromatic ring is 1. The summed E-state index contributed by atoms with van der Waals surface area (Å²) in [7, 11) is 0. The second kappa shape index (κ2) is 11.3. The van der Waals surface area contributed by atoms with E-state index >= 15 is 0 Å². The van der Waals surface area contributed by atoms with Crippen molar-refractivity contribution in [2.75, 3.05) is 18.9 Å². The third-order valence-corrected chi connectivity index (χ3v) is 6.48. The number of rotatable bonds is 10. The summed E-state index contributed by atoms with van der Waals surface area (Å²) in [4.78, 5) is 28.2. The van der Waals surface area contributed by atoms with Crippen molar-refractivity contribution in [2.45, 2.75) is 71.4 Å². The highest BCUT2D eigenvalue weighted by Crippen LogP contribution is 2.35. The van der Waals surface area contributed by atoms with Crippen LogP contribution in [0.4, 0.5) is 5.69 Å². The molecular formula is C25H35N3O5. The average molecular weight is 458 g/mol. The third kappa shape index (κ3) is 6.13. The smallest absolute Gasteiger partial charge is 0.339 e. The van der Waals surface area contributed by atoms with Gasteiger partial charge in [-0.1, -0.05) is 32.8 Å². The van der Waals surface area contributed by atoms with Crippen molar-refractivity contribution < 1.29 is 24.2 Å². The molecule has 1 aliphatic carbocycles.